The summed E-state index contributed by atoms with van der Waals surface area (Å²) in [6.07, 6.45) is 0. The van der Waals surface area contributed by atoms with Crippen LogP contribution in [0.3, 0.4) is 0 Å². The Kier molecular flexibility index (Phi) is 3.87. The predicted molar refractivity (Wildman–Crippen MR) is 48.9 cm³/mol. The van der Waals surface area contributed by atoms with Gasteiger partial charge in [0.2, 0.25) is 5.91 Å². The number of halogens is 1. The Bertz CT molecular complexity index is 290. The number of nitrogens with two attached hydrogens (primary N) is 1. The number of rotatable bonds is 2. The Morgan fingerprint density at radius 1 is 1.31 bits per heavy atom. The van der Waals surface area contributed by atoms with Gasteiger partial charge in [-0.05, 0) is 12.1 Å². The van der Waals surface area contributed by atoms with E-state index in [2.05, 4.69) is 0 Å². The molecule has 13 heavy (non-hydrogen) atoms. The summed E-state index contributed by atoms with van der Waals surface area (Å²) in [5.41, 5.74) is 5.14. The van der Waals surface area contributed by atoms with Crippen LogP contribution in [0.2, 0.25) is 0 Å². The number of hydrogen-bond donors (Lipinski definition) is 1. The summed E-state index contributed by atoms with van der Waals surface area (Å²) in [5.74, 6) is -0.593. The molecule has 0 bridgehead atoms. The predicted octanol–water partition coefficient (Wildman–Crippen LogP) is 1.12. The molecule has 5 nitrogen and oxygen atoms in total. The van der Waals surface area contributed by atoms with E-state index in [4.69, 9.17) is 5.73 Å². The molecule has 1 aromatic rings. The van der Waals surface area contributed by atoms with E-state index in [9.17, 15) is 14.9 Å². The quantitative estimate of drug-likeness (QED) is 0.576. The number of nitro benzene ring substituents is 1. The Balaban J connectivity index is 0.00000144. The van der Waals surface area contributed by atoms with Crippen molar-refractivity contribution >= 4 is 24.0 Å². The highest BCUT2D eigenvalue weighted by Gasteiger charge is 2.05. The molecule has 0 unspecified atom stereocenters. The van der Waals surface area contributed by atoms with Crippen molar-refractivity contribution in [3.63, 3.8) is 0 Å². The highest BCUT2D eigenvalue weighted by molar-refractivity contribution is 5.92. The number of primary amides is 1. The number of nitro groups is 1. The van der Waals surface area contributed by atoms with Crippen LogP contribution in [0.1, 0.15) is 10.4 Å². The van der Waals surface area contributed by atoms with Crippen LogP contribution < -0.4 is 5.73 Å². The molecular weight excluding hydrogens is 196 g/mol. The van der Waals surface area contributed by atoms with Crippen LogP contribution in [0.4, 0.5) is 5.69 Å². The van der Waals surface area contributed by atoms with Gasteiger partial charge in [0.25, 0.3) is 5.69 Å². The van der Waals surface area contributed by atoms with Crippen LogP contribution in [-0.4, -0.2) is 10.8 Å². The maximum Gasteiger partial charge on any atom is 0.269 e. The van der Waals surface area contributed by atoms with Crippen LogP contribution in [0.15, 0.2) is 24.3 Å². The third kappa shape index (κ3) is 2.72. The molecule has 1 amide bonds. The smallest absolute Gasteiger partial charge is 0.269 e. The van der Waals surface area contributed by atoms with Crippen molar-refractivity contribution in [2.45, 2.75) is 0 Å². The van der Waals surface area contributed by atoms with Gasteiger partial charge in [-0.25, -0.2) is 0 Å². The van der Waals surface area contributed by atoms with Crippen molar-refractivity contribution in [1.82, 2.24) is 0 Å². The number of carbonyl (C=O) groups is 1. The largest absolute Gasteiger partial charge is 0.366 e. The molecular formula is C7H7ClN2O3. The topological polar surface area (TPSA) is 86.2 Å². The van der Waals surface area contributed by atoms with Crippen LogP contribution in [0.25, 0.3) is 0 Å². The van der Waals surface area contributed by atoms with E-state index < -0.39 is 10.8 Å². The fourth-order valence-corrected chi connectivity index (χ4v) is 0.747. The molecule has 0 aliphatic carbocycles. The first-order valence-electron chi connectivity index (χ1n) is 3.15. The van der Waals surface area contributed by atoms with Gasteiger partial charge in [-0.2, -0.15) is 0 Å². The second-order valence-electron chi connectivity index (χ2n) is 2.17. The standard InChI is InChI=1S/C7H6N2O3.ClH/c8-7(10)5-1-3-6(4-2-5)9(11)12;/h1-4H,(H2,8,10);1H. The van der Waals surface area contributed by atoms with E-state index in [1.54, 1.807) is 0 Å². The fraction of sp³-hybridized carbons (Fsp3) is 0. The lowest BCUT2D eigenvalue weighted by atomic mass is 10.2. The van der Waals surface area contributed by atoms with E-state index in [1.807, 2.05) is 0 Å². The summed E-state index contributed by atoms with van der Waals surface area (Å²) in [6.45, 7) is 0. The number of benzene rings is 1. The summed E-state index contributed by atoms with van der Waals surface area (Å²) in [4.78, 5) is 20.2. The normalized spacial score (nSPS) is 8.62. The average Bonchev–Trinajstić information content (AvgIpc) is 2.04. The van der Waals surface area contributed by atoms with Crippen molar-refractivity contribution in [1.29, 1.82) is 0 Å². The van der Waals surface area contributed by atoms with Gasteiger partial charge in [0.1, 0.15) is 0 Å². The second kappa shape index (κ2) is 4.42. The molecule has 0 fully saturated rings. The lowest BCUT2D eigenvalue weighted by Crippen LogP contribution is -2.10. The molecule has 2 N–H and O–H groups in total. The molecule has 0 aliphatic heterocycles. The van der Waals surface area contributed by atoms with Crippen LogP contribution in [0, 0.1) is 10.1 Å². The summed E-state index contributed by atoms with van der Waals surface area (Å²) in [6, 6.07) is 5.11. The van der Waals surface area contributed by atoms with E-state index in [0.29, 0.717) is 0 Å². The molecule has 0 atom stereocenters. The van der Waals surface area contributed by atoms with Crippen molar-refractivity contribution in [2.75, 3.05) is 0 Å². The van der Waals surface area contributed by atoms with E-state index in [1.165, 1.54) is 24.3 Å². The second-order valence-corrected chi connectivity index (χ2v) is 2.17. The highest BCUT2D eigenvalue weighted by Crippen LogP contribution is 2.10. The van der Waals surface area contributed by atoms with Gasteiger partial charge < -0.3 is 5.73 Å². The number of carbonyl (C=O) groups excluding carboxylic acids is 1. The SMILES string of the molecule is Cl.NC(=O)c1ccc([N+](=O)[O-])cc1. The van der Waals surface area contributed by atoms with Crippen molar-refractivity contribution in [3.8, 4) is 0 Å². The molecule has 1 rings (SSSR count). The summed E-state index contributed by atoms with van der Waals surface area (Å²) in [5, 5.41) is 10.2. The lowest BCUT2D eigenvalue weighted by molar-refractivity contribution is -0.384. The Morgan fingerprint density at radius 2 is 1.77 bits per heavy atom. The third-order valence-corrected chi connectivity index (χ3v) is 1.36. The molecule has 0 aliphatic rings. The maximum atomic E-state index is 10.5. The third-order valence-electron chi connectivity index (χ3n) is 1.36. The summed E-state index contributed by atoms with van der Waals surface area (Å²) in [7, 11) is 0. The van der Waals surface area contributed by atoms with Crippen LogP contribution in [-0.2, 0) is 0 Å². The highest BCUT2D eigenvalue weighted by atomic mass is 35.5. The van der Waals surface area contributed by atoms with Gasteiger partial charge in [-0.1, -0.05) is 0 Å². The Hall–Kier alpha value is -1.62. The van der Waals surface area contributed by atoms with Gasteiger partial charge in [0.05, 0.1) is 4.92 Å². The van der Waals surface area contributed by atoms with Gasteiger partial charge in [0, 0.05) is 17.7 Å². The minimum atomic E-state index is -0.593. The van der Waals surface area contributed by atoms with Crippen LogP contribution in [0.5, 0.6) is 0 Å². The molecule has 0 aromatic heterocycles. The molecule has 0 heterocycles. The van der Waals surface area contributed by atoms with Crippen molar-refractivity contribution in [2.24, 2.45) is 5.73 Å². The first kappa shape index (κ1) is 11.4. The zero-order valence-electron chi connectivity index (χ0n) is 6.47. The molecule has 1 aromatic carbocycles. The van der Waals surface area contributed by atoms with Gasteiger partial charge >= 0.3 is 0 Å². The number of non-ortho nitro benzene ring substituents is 1. The zero-order chi connectivity index (χ0) is 9.14. The zero-order valence-corrected chi connectivity index (χ0v) is 7.28. The maximum absolute atomic E-state index is 10.5. The molecule has 0 saturated heterocycles. The van der Waals surface area contributed by atoms with Gasteiger partial charge in [-0.15, -0.1) is 12.4 Å². The Morgan fingerprint density at radius 3 is 2.08 bits per heavy atom. The molecule has 70 valence electrons. The van der Waals surface area contributed by atoms with Gasteiger partial charge in [-0.3, -0.25) is 14.9 Å². The van der Waals surface area contributed by atoms with E-state index in [-0.39, 0.29) is 23.7 Å². The lowest BCUT2D eigenvalue weighted by Gasteiger charge is -1.93. The van der Waals surface area contributed by atoms with Crippen molar-refractivity contribution in [3.05, 3.63) is 39.9 Å². The molecule has 6 heteroatoms. The van der Waals surface area contributed by atoms with Crippen molar-refractivity contribution < 1.29 is 9.72 Å². The number of hydrogen-bond acceptors (Lipinski definition) is 3. The molecule has 0 saturated carbocycles. The minimum Gasteiger partial charge on any atom is -0.366 e. The average molecular weight is 203 g/mol. The fourth-order valence-electron chi connectivity index (χ4n) is 0.747. The molecule has 0 radical (unpaired) electrons. The summed E-state index contributed by atoms with van der Waals surface area (Å²) >= 11 is 0. The first-order valence-corrected chi connectivity index (χ1v) is 3.15. The summed E-state index contributed by atoms with van der Waals surface area (Å²) < 4.78 is 0. The van der Waals surface area contributed by atoms with Crippen LogP contribution >= 0.6 is 12.4 Å². The van der Waals surface area contributed by atoms with E-state index >= 15 is 0 Å². The van der Waals surface area contributed by atoms with E-state index in [0.717, 1.165) is 0 Å². The minimum absolute atomic E-state index is 0. The molecule has 0 spiro atoms. The first-order chi connectivity index (χ1) is 5.61. The number of nitrogens with zero attached hydrogens (tertiary/aromatic N) is 1. The monoisotopic (exact) mass is 202 g/mol. The Labute approximate surface area is 80.1 Å². The number of amides is 1. The van der Waals surface area contributed by atoms with Gasteiger partial charge in [0.15, 0.2) is 0 Å².